The third-order valence-electron chi connectivity index (χ3n) is 6.07. The van der Waals surface area contributed by atoms with Crippen LogP contribution in [0.1, 0.15) is 27.9 Å². The van der Waals surface area contributed by atoms with Crippen molar-refractivity contribution in [1.82, 2.24) is 14.7 Å². The predicted octanol–water partition coefficient (Wildman–Crippen LogP) is 5.71. The zero-order valence-corrected chi connectivity index (χ0v) is 20.0. The molecule has 7 heteroatoms. The summed E-state index contributed by atoms with van der Waals surface area (Å²) in [6.07, 6.45) is 0. The van der Waals surface area contributed by atoms with Crippen LogP contribution in [-0.2, 0) is 0 Å². The molecule has 1 aliphatic rings. The monoisotopic (exact) mass is 464 g/mol. The van der Waals surface area contributed by atoms with Gasteiger partial charge in [0, 0.05) is 41.8 Å². The number of carbonyl (C=O) groups is 1. The molecule has 1 unspecified atom stereocenters. The topological polar surface area (TPSA) is 41.4 Å². The second-order valence-corrected chi connectivity index (χ2v) is 9.90. The van der Waals surface area contributed by atoms with Crippen molar-refractivity contribution in [3.05, 3.63) is 75.8 Å². The summed E-state index contributed by atoms with van der Waals surface area (Å²) in [6, 6.07) is 18.4. The average molecular weight is 465 g/mol. The predicted molar refractivity (Wildman–Crippen MR) is 133 cm³/mol. The van der Waals surface area contributed by atoms with Gasteiger partial charge in [-0.1, -0.05) is 23.7 Å². The van der Waals surface area contributed by atoms with E-state index in [4.69, 9.17) is 11.6 Å². The average Bonchev–Trinajstić information content (AvgIpc) is 3.34. The van der Waals surface area contributed by atoms with E-state index >= 15 is 0 Å². The van der Waals surface area contributed by atoms with Crippen molar-refractivity contribution in [3.63, 3.8) is 0 Å². The fraction of sp³-hybridized carbons (Fsp3) is 0.280. The van der Waals surface area contributed by atoms with Crippen LogP contribution in [-0.4, -0.2) is 46.3 Å². The smallest absolute Gasteiger partial charge is 0.264 e. The van der Waals surface area contributed by atoms with Crippen molar-refractivity contribution >= 4 is 44.7 Å². The van der Waals surface area contributed by atoms with Crippen molar-refractivity contribution in [2.24, 2.45) is 0 Å². The lowest BCUT2D eigenvalue weighted by Gasteiger charge is -2.41. The van der Waals surface area contributed by atoms with Crippen LogP contribution < -0.4 is 4.90 Å². The van der Waals surface area contributed by atoms with Gasteiger partial charge in [0.15, 0.2) is 0 Å². The molecular formula is C25H25ClN4OS. The van der Waals surface area contributed by atoms with Crippen molar-refractivity contribution in [3.8, 4) is 5.69 Å². The molecule has 0 spiro atoms. The highest BCUT2D eigenvalue weighted by atomic mass is 35.5. The number of anilines is 1. The number of rotatable bonds is 3. The highest BCUT2D eigenvalue weighted by molar-refractivity contribution is 7.20. The number of piperazine rings is 1. The molecule has 1 saturated heterocycles. The lowest BCUT2D eigenvalue weighted by atomic mass is 10.1. The highest BCUT2D eigenvalue weighted by Crippen LogP contribution is 2.32. The minimum Gasteiger partial charge on any atom is -0.365 e. The molecule has 4 aromatic rings. The Hall–Kier alpha value is -2.83. The van der Waals surface area contributed by atoms with E-state index in [1.807, 2.05) is 46.8 Å². The van der Waals surface area contributed by atoms with E-state index in [-0.39, 0.29) is 11.9 Å². The maximum absolute atomic E-state index is 13.4. The second kappa shape index (κ2) is 8.26. The van der Waals surface area contributed by atoms with Crippen LogP contribution in [0.25, 0.3) is 15.9 Å². The zero-order valence-electron chi connectivity index (χ0n) is 18.4. The summed E-state index contributed by atoms with van der Waals surface area (Å²) in [6.45, 7) is 8.55. The molecule has 1 aliphatic heterocycles. The van der Waals surface area contributed by atoms with Crippen molar-refractivity contribution in [2.45, 2.75) is 26.8 Å². The molecule has 0 bridgehead atoms. The van der Waals surface area contributed by atoms with Crippen LogP contribution in [0.3, 0.4) is 0 Å². The number of amides is 1. The van der Waals surface area contributed by atoms with Crippen LogP contribution in [0, 0.1) is 13.8 Å². The Kier molecular flexibility index (Phi) is 5.43. The van der Waals surface area contributed by atoms with Crippen molar-refractivity contribution < 1.29 is 4.79 Å². The van der Waals surface area contributed by atoms with E-state index in [1.165, 1.54) is 22.6 Å². The number of nitrogens with zero attached hydrogens (tertiary/aromatic N) is 4. The molecule has 2 aromatic heterocycles. The van der Waals surface area contributed by atoms with Gasteiger partial charge in [0.2, 0.25) is 0 Å². The van der Waals surface area contributed by atoms with E-state index < -0.39 is 0 Å². The zero-order chi connectivity index (χ0) is 22.4. The molecule has 164 valence electrons. The summed E-state index contributed by atoms with van der Waals surface area (Å²) < 4.78 is 1.90. The summed E-state index contributed by atoms with van der Waals surface area (Å²) in [5, 5.41) is 6.39. The molecule has 5 nitrogen and oxygen atoms in total. The first-order chi connectivity index (χ1) is 15.4. The molecule has 3 heterocycles. The van der Waals surface area contributed by atoms with Gasteiger partial charge in [-0.3, -0.25) is 4.79 Å². The van der Waals surface area contributed by atoms with Gasteiger partial charge in [-0.15, -0.1) is 11.3 Å². The molecular weight excluding hydrogens is 440 g/mol. The number of aryl methyl sites for hydroxylation is 2. The number of thiophene rings is 1. The number of fused-ring (bicyclic) bond motifs is 1. The Balaban J connectivity index is 1.38. The third-order valence-corrected chi connectivity index (χ3v) is 7.43. The van der Waals surface area contributed by atoms with E-state index in [9.17, 15) is 4.79 Å². The van der Waals surface area contributed by atoms with Gasteiger partial charge in [0.25, 0.3) is 5.91 Å². The Morgan fingerprint density at radius 2 is 1.84 bits per heavy atom. The molecule has 0 N–H and O–H groups in total. The number of aromatic nitrogens is 2. The van der Waals surface area contributed by atoms with Crippen LogP contribution in [0.5, 0.6) is 0 Å². The first-order valence-electron chi connectivity index (χ1n) is 10.8. The van der Waals surface area contributed by atoms with Gasteiger partial charge < -0.3 is 9.80 Å². The van der Waals surface area contributed by atoms with Crippen LogP contribution in [0.4, 0.5) is 5.69 Å². The van der Waals surface area contributed by atoms with Crippen LogP contribution in [0.2, 0.25) is 5.02 Å². The Morgan fingerprint density at radius 3 is 2.56 bits per heavy atom. The highest BCUT2D eigenvalue weighted by Gasteiger charge is 2.29. The van der Waals surface area contributed by atoms with Gasteiger partial charge in [-0.2, -0.15) is 5.10 Å². The normalized spacial score (nSPS) is 16.7. The first kappa shape index (κ1) is 21.0. The van der Waals surface area contributed by atoms with Crippen molar-refractivity contribution in [1.29, 1.82) is 0 Å². The van der Waals surface area contributed by atoms with E-state index in [0.29, 0.717) is 18.1 Å². The lowest BCUT2D eigenvalue weighted by Crippen LogP contribution is -2.53. The summed E-state index contributed by atoms with van der Waals surface area (Å²) >= 11 is 7.55. The molecule has 0 saturated carbocycles. The summed E-state index contributed by atoms with van der Waals surface area (Å²) in [5.74, 6) is 0.101. The molecule has 0 aliphatic carbocycles. The number of benzene rings is 2. The van der Waals surface area contributed by atoms with Crippen LogP contribution in [0.15, 0.2) is 54.6 Å². The van der Waals surface area contributed by atoms with E-state index in [2.05, 4.69) is 48.1 Å². The molecule has 1 atom stereocenters. The summed E-state index contributed by atoms with van der Waals surface area (Å²) in [5.41, 5.74) is 4.34. The van der Waals surface area contributed by atoms with Gasteiger partial charge in [-0.05, 0) is 68.8 Å². The maximum Gasteiger partial charge on any atom is 0.264 e. The largest absolute Gasteiger partial charge is 0.365 e. The quantitative estimate of drug-likeness (QED) is 0.390. The number of hydrogen-bond acceptors (Lipinski definition) is 4. The number of hydrogen-bond donors (Lipinski definition) is 0. The lowest BCUT2D eigenvalue weighted by molar-refractivity contribution is 0.0731. The maximum atomic E-state index is 13.4. The Morgan fingerprint density at radius 1 is 1.06 bits per heavy atom. The standard InChI is InChI=1S/C25H25ClN4OS/c1-16-5-4-6-21(13-16)29-12-11-28(15-17(29)2)24(31)23-14-22-18(3)27-30(25(22)32-23)20-9-7-19(26)8-10-20/h4-10,13-14,17H,11-12,15H2,1-3H3. The first-order valence-corrected chi connectivity index (χ1v) is 12.0. The molecule has 1 fully saturated rings. The van der Waals surface area contributed by atoms with Gasteiger partial charge in [0.05, 0.1) is 16.3 Å². The van der Waals surface area contributed by atoms with Crippen molar-refractivity contribution in [2.75, 3.05) is 24.5 Å². The van der Waals surface area contributed by atoms with Crippen LogP contribution >= 0.6 is 22.9 Å². The van der Waals surface area contributed by atoms with E-state index in [1.54, 1.807) is 0 Å². The minimum absolute atomic E-state index is 0.101. The van der Waals surface area contributed by atoms with E-state index in [0.717, 1.165) is 33.0 Å². The molecule has 32 heavy (non-hydrogen) atoms. The Bertz CT molecular complexity index is 1290. The molecule has 5 rings (SSSR count). The summed E-state index contributed by atoms with van der Waals surface area (Å²) in [4.78, 5) is 19.5. The summed E-state index contributed by atoms with van der Waals surface area (Å²) in [7, 11) is 0. The molecule has 0 radical (unpaired) electrons. The number of halogens is 1. The fourth-order valence-electron chi connectivity index (χ4n) is 4.40. The minimum atomic E-state index is 0.101. The molecule has 1 amide bonds. The van der Waals surface area contributed by atoms with Gasteiger partial charge in [0.1, 0.15) is 4.83 Å². The molecule has 2 aromatic carbocycles. The van der Waals surface area contributed by atoms with Gasteiger partial charge in [-0.25, -0.2) is 4.68 Å². The Labute approximate surface area is 196 Å². The number of carbonyl (C=O) groups excluding carboxylic acids is 1. The fourth-order valence-corrected chi connectivity index (χ4v) is 5.67. The second-order valence-electron chi connectivity index (χ2n) is 8.44. The SMILES string of the molecule is Cc1cccc(N2CCN(C(=O)c3cc4c(C)nn(-c5ccc(Cl)cc5)c4s3)CC2C)c1. The van der Waals surface area contributed by atoms with Gasteiger partial charge >= 0.3 is 0 Å². The third kappa shape index (κ3) is 3.78.